The molecule has 68 valence electrons. The summed E-state index contributed by atoms with van der Waals surface area (Å²) in [7, 11) is 0. The van der Waals surface area contributed by atoms with Crippen molar-refractivity contribution in [2.24, 2.45) is 5.73 Å². The van der Waals surface area contributed by atoms with Gasteiger partial charge in [0.2, 0.25) is 0 Å². The third-order valence-corrected chi connectivity index (χ3v) is 2.27. The van der Waals surface area contributed by atoms with Crippen LogP contribution in [0.25, 0.3) is 10.8 Å². The molecule has 2 aromatic carbocycles. The van der Waals surface area contributed by atoms with E-state index in [-0.39, 0.29) is 0 Å². The van der Waals surface area contributed by atoms with Crippen LogP contribution in [0.15, 0.2) is 42.5 Å². The van der Waals surface area contributed by atoms with E-state index in [2.05, 4.69) is 0 Å². The summed E-state index contributed by atoms with van der Waals surface area (Å²) in [4.78, 5) is 0. The molecule has 0 saturated heterocycles. The van der Waals surface area contributed by atoms with Crippen LogP contribution in [0.5, 0.6) is 0 Å². The van der Waals surface area contributed by atoms with Crippen LogP contribution in [0, 0.1) is 11.3 Å². The molecule has 2 rings (SSSR count). The first-order chi connectivity index (χ1) is 6.81. The van der Waals surface area contributed by atoms with E-state index in [1.807, 2.05) is 48.5 Å². The molecule has 14 heavy (non-hydrogen) atoms. The van der Waals surface area contributed by atoms with Gasteiger partial charge in [-0.3, -0.25) is 0 Å². The van der Waals surface area contributed by atoms with Gasteiger partial charge in [0.1, 0.15) is 6.04 Å². The second-order valence-corrected chi connectivity index (χ2v) is 3.21. The van der Waals surface area contributed by atoms with Crippen molar-refractivity contribution < 1.29 is 0 Å². The quantitative estimate of drug-likeness (QED) is 0.736. The van der Waals surface area contributed by atoms with Crippen molar-refractivity contribution in [2.75, 3.05) is 0 Å². The topological polar surface area (TPSA) is 49.8 Å². The molecule has 0 bridgehead atoms. The van der Waals surface area contributed by atoms with Gasteiger partial charge in [-0.05, 0) is 22.4 Å². The summed E-state index contributed by atoms with van der Waals surface area (Å²) in [6, 6.07) is 15.4. The third kappa shape index (κ3) is 1.46. The molecule has 0 aliphatic carbocycles. The first-order valence-electron chi connectivity index (χ1n) is 4.45. The highest BCUT2D eigenvalue weighted by Crippen LogP contribution is 2.18. The molecule has 0 amide bonds. The lowest BCUT2D eigenvalue weighted by atomic mass is 10.0. The molecule has 2 aromatic rings. The molecule has 1 atom stereocenters. The van der Waals surface area contributed by atoms with Crippen LogP contribution >= 0.6 is 0 Å². The summed E-state index contributed by atoms with van der Waals surface area (Å²) in [6.45, 7) is 0. The van der Waals surface area contributed by atoms with Crippen LogP contribution in [-0.4, -0.2) is 0 Å². The summed E-state index contributed by atoms with van der Waals surface area (Å²) in [5.74, 6) is 0. The molecule has 2 nitrogen and oxygen atoms in total. The Morgan fingerprint density at radius 3 is 2.50 bits per heavy atom. The maximum atomic E-state index is 8.69. The van der Waals surface area contributed by atoms with Crippen LogP contribution < -0.4 is 5.73 Å². The van der Waals surface area contributed by atoms with E-state index in [4.69, 9.17) is 11.0 Å². The number of nitriles is 1. The highest BCUT2D eigenvalue weighted by molar-refractivity contribution is 5.83. The number of nitrogens with zero attached hydrogens (tertiary/aromatic N) is 1. The fourth-order valence-electron chi connectivity index (χ4n) is 1.48. The van der Waals surface area contributed by atoms with Gasteiger partial charge in [-0.1, -0.05) is 36.4 Å². The van der Waals surface area contributed by atoms with Gasteiger partial charge in [-0.15, -0.1) is 0 Å². The van der Waals surface area contributed by atoms with Crippen LogP contribution in [0.1, 0.15) is 11.6 Å². The Balaban J connectivity index is 2.58. The zero-order valence-corrected chi connectivity index (χ0v) is 7.64. The van der Waals surface area contributed by atoms with Gasteiger partial charge in [0.25, 0.3) is 0 Å². The van der Waals surface area contributed by atoms with Gasteiger partial charge < -0.3 is 5.73 Å². The molecular formula is C12H10N2. The monoisotopic (exact) mass is 182 g/mol. The molecule has 0 saturated carbocycles. The maximum Gasteiger partial charge on any atom is 0.118 e. The average molecular weight is 182 g/mol. The van der Waals surface area contributed by atoms with Crippen molar-refractivity contribution >= 4 is 10.8 Å². The maximum absolute atomic E-state index is 8.69. The summed E-state index contributed by atoms with van der Waals surface area (Å²) in [5, 5.41) is 11.0. The highest BCUT2D eigenvalue weighted by atomic mass is 14.6. The largest absolute Gasteiger partial charge is 0.312 e. The Morgan fingerprint density at radius 1 is 1.07 bits per heavy atom. The van der Waals surface area contributed by atoms with E-state index in [1.165, 1.54) is 5.39 Å². The first-order valence-corrected chi connectivity index (χ1v) is 4.45. The van der Waals surface area contributed by atoms with Gasteiger partial charge in [-0.2, -0.15) is 5.26 Å². The Bertz CT molecular complexity index is 497. The Hall–Kier alpha value is -1.85. The van der Waals surface area contributed by atoms with E-state index in [0.29, 0.717) is 0 Å². The summed E-state index contributed by atoms with van der Waals surface area (Å²) >= 11 is 0. The predicted molar refractivity (Wildman–Crippen MR) is 56.5 cm³/mol. The molecule has 2 N–H and O–H groups in total. The minimum Gasteiger partial charge on any atom is -0.312 e. The lowest BCUT2D eigenvalue weighted by molar-refractivity contribution is 0.929. The minimum atomic E-state index is -0.528. The fourth-order valence-corrected chi connectivity index (χ4v) is 1.48. The zero-order chi connectivity index (χ0) is 9.97. The highest BCUT2D eigenvalue weighted by Gasteiger charge is 2.03. The van der Waals surface area contributed by atoms with Gasteiger partial charge in [0.05, 0.1) is 6.07 Å². The van der Waals surface area contributed by atoms with Crippen LogP contribution in [-0.2, 0) is 0 Å². The molecule has 0 aliphatic heterocycles. The number of rotatable bonds is 1. The third-order valence-electron chi connectivity index (χ3n) is 2.27. The SMILES string of the molecule is N#C[C@H](N)c1ccc2ccccc2c1. The van der Waals surface area contributed by atoms with E-state index in [1.54, 1.807) is 0 Å². The fraction of sp³-hybridized carbons (Fsp3) is 0.0833. The molecule has 0 spiro atoms. The van der Waals surface area contributed by atoms with Gasteiger partial charge in [0, 0.05) is 0 Å². The van der Waals surface area contributed by atoms with E-state index in [9.17, 15) is 0 Å². The summed E-state index contributed by atoms with van der Waals surface area (Å²) < 4.78 is 0. The minimum absolute atomic E-state index is 0.528. The van der Waals surface area contributed by atoms with Crippen molar-refractivity contribution in [1.82, 2.24) is 0 Å². The standard InChI is InChI=1S/C12H10N2/c13-8-12(14)11-6-5-9-3-1-2-4-10(9)7-11/h1-7,12H,14H2/t12-/m0/s1. The van der Waals surface area contributed by atoms with E-state index < -0.39 is 6.04 Å². The molecule has 0 aromatic heterocycles. The number of hydrogen-bond acceptors (Lipinski definition) is 2. The predicted octanol–water partition coefficient (Wildman–Crippen LogP) is 2.36. The lowest BCUT2D eigenvalue weighted by Crippen LogP contribution is -2.06. The second kappa shape index (κ2) is 3.49. The van der Waals surface area contributed by atoms with Crippen molar-refractivity contribution in [1.29, 1.82) is 5.26 Å². The van der Waals surface area contributed by atoms with Crippen LogP contribution in [0.4, 0.5) is 0 Å². The van der Waals surface area contributed by atoms with Gasteiger partial charge >= 0.3 is 0 Å². The molecule has 0 radical (unpaired) electrons. The Morgan fingerprint density at radius 2 is 1.79 bits per heavy atom. The number of hydrogen-bond donors (Lipinski definition) is 1. The van der Waals surface area contributed by atoms with Crippen molar-refractivity contribution in [2.45, 2.75) is 6.04 Å². The Labute approximate surface area is 82.6 Å². The summed E-state index contributed by atoms with van der Waals surface area (Å²) in [6.07, 6.45) is 0. The second-order valence-electron chi connectivity index (χ2n) is 3.21. The Kier molecular flexibility index (Phi) is 2.18. The molecule has 0 heterocycles. The molecule has 2 heteroatoms. The van der Waals surface area contributed by atoms with Crippen molar-refractivity contribution in [3.8, 4) is 6.07 Å². The smallest absolute Gasteiger partial charge is 0.118 e. The number of benzene rings is 2. The molecule has 0 unspecified atom stereocenters. The molecule has 0 fully saturated rings. The number of nitrogens with two attached hydrogens (primary N) is 1. The number of fused-ring (bicyclic) bond motifs is 1. The normalized spacial score (nSPS) is 12.3. The van der Waals surface area contributed by atoms with Crippen LogP contribution in [0.2, 0.25) is 0 Å². The lowest BCUT2D eigenvalue weighted by Gasteiger charge is -2.04. The molecular weight excluding hydrogens is 172 g/mol. The van der Waals surface area contributed by atoms with E-state index in [0.717, 1.165) is 10.9 Å². The average Bonchev–Trinajstić information content (AvgIpc) is 2.27. The van der Waals surface area contributed by atoms with E-state index >= 15 is 0 Å². The van der Waals surface area contributed by atoms with Crippen molar-refractivity contribution in [3.63, 3.8) is 0 Å². The zero-order valence-electron chi connectivity index (χ0n) is 7.64. The van der Waals surface area contributed by atoms with Gasteiger partial charge in [-0.25, -0.2) is 0 Å². The first kappa shape index (κ1) is 8.74. The van der Waals surface area contributed by atoms with Crippen molar-refractivity contribution in [3.05, 3.63) is 48.0 Å². The van der Waals surface area contributed by atoms with Crippen LogP contribution in [0.3, 0.4) is 0 Å². The summed E-state index contributed by atoms with van der Waals surface area (Å²) in [5.41, 5.74) is 6.49. The van der Waals surface area contributed by atoms with Gasteiger partial charge in [0.15, 0.2) is 0 Å². The molecule has 0 aliphatic rings.